The van der Waals surface area contributed by atoms with Gasteiger partial charge in [-0.15, -0.1) is 0 Å². The molecule has 0 aliphatic heterocycles. The summed E-state index contributed by atoms with van der Waals surface area (Å²) in [5.41, 5.74) is 1.49. The van der Waals surface area contributed by atoms with E-state index in [1.165, 1.54) is 82.6 Å². The van der Waals surface area contributed by atoms with Crippen LogP contribution in [0.15, 0.2) is 36.5 Å². The first kappa shape index (κ1) is 19.3. The zero-order valence-electron chi connectivity index (χ0n) is 15.2. The maximum atomic E-state index is 4.36. The normalized spacial score (nSPS) is 22.9. The molecule has 1 saturated carbocycles. The third-order valence-electron chi connectivity index (χ3n) is 4.97. The van der Waals surface area contributed by atoms with Gasteiger partial charge < -0.3 is 0 Å². The van der Waals surface area contributed by atoms with Gasteiger partial charge >= 0.3 is 0 Å². The van der Waals surface area contributed by atoms with E-state index in [-0.39, 0.29) is 0 Å². The predicted molar refractivity (Wildman–Crippen MR) is 101 cm³/mol. The molecule has 0 N–H and O–H groups in total. The molecular weight excluding hydrogens is 264 g/mol. The van der Waals surface area contributed by atoms with Crippen LogP contribution in [-0.4, -0.2) is 0 Å². The molecule has 0 amide bonds. The summed E-state index contributed by atoms with van der Waals surface area (Å²) >= 11 is 0. The molecule has 0 bridgehead atoms. The minimum Gasteiger partial charge on any atom is -0.0995 e. The van der Waals surface area contributed by atoms with Crippen molar-refractivity contribution in [3.8, 4) is 0 Å². The molecule has 0 heteroatoms. The Balaban J connectivity index is 2.38. The molecule has 0 radical (unpaired) electrons. The highest BCUT2D eigenvalue weighted by Gasteiger charge is 2.24. The summed E-state index contributed by atoms with van der Waals surface area (Å²) in [4.78, 5) is 0. The van der Waals surface area contributed by atoms with Gasteiger partial charge in [0.05, 0.1) is 0 Å². The van der Waals surface area contributed by atoms with Crippen molar-refractivity contribution in [3.05, 3.63) is 36.5 Å². The van der Waals surface area contributed by atoms with Gasteiger partial charge in [0.2, 0.25) is 0 Å². The summed E-state index contributed by atoms with van der Waals surface area (Å²) in [5, 5.41) is 0. The van der Waals surface area contributed by atoms with Crippen molar-refractivity contribution >= 4 is 0 Å². The van der Waals surface area contributed by atoms with Crippen molar-refractivity contribution in [2.45, 2.75) is 90.9 Å². The monoisotopic (exact) mass is 302 g/mol. The third kappa shape index (κ3) is 8.01. The maximum Gasteiger partial charge on any atom is -0.0108 e. The van der Waals surface area contributed by atoms with Crippen LogP contribution in [0.1, 0.15) is 90.9 Å². The fraction of sp³-hybridized carbons (Fsp3) is 0.727. The predicted octanol–water partition coefficient (Wildman–Crippen LogP) is 7.62. The molecule has 1 aliphatic carbocycles. The Hall–Kier alpha value is -0.780. The highest BCUT2D eigenvalue weighted by molar-refractivity contribution is 5.12. The molecule has 1 unspecified atom stereocenters. The third-order valence-corrected chi connectivity index (χ3v) is 4.97. The summed E-state index contributed by atoms with van der Waals surface area (Å²) < 4.78 is 0. The minimum absolute atomic E-state index is 0.693. The van der Waals surface area contributed by atoms with Crippen molar-refractivity contribution in [3.63, 3.8) is 0 Å². The van der Waals surface area contributed by atoms with Crippen LogP contribution in [-0.2, 0) is 0 Å². The van der Waals surface area contributed by atoms with E-state index in [4.69, 9.17) is 0 Å². The molecule has 0 saturated heterocycles. The Morgan fingerprint density at radius 1 is 0.955 bits per heavy atom. The van der Waals surface area contributed by atoms with Crippen molar-refractivity contribution in [1.29, 1.82) is 0 Å². The topological polar surface area (TPSA) is 0 Å². The minimum atomic E-state index is 0.693. The zero-order chi connectivity index (χ0) is 16.0. The van der Waals surface area contributed by atoms with Crippen LogP contribution in [0.2, 0.25) is 0 Å². The fourth-order valence-electron chi connectivity index (χ4n) is 3.47. The van der Waals surface area contributed by atoms with Gasteiger partial charge in [-0.05, 0) is 56.8 Å². The standard InChI is InChI=1S/C22H38/c1-4-6-8-10-12-13-17-21-18-15-16-20(3)22(21)19-14-11-9-7-5-2/h11,13-14,17,21-22H,3-10,12,15-16,18-19H2,1-2H3/b14-11-,17-13+/t21?,22-/m0/s1. The number of hydrogen-bond acceptors (Lipinski definition) is 0. The van der Waals surface area contributed by atoms with Crippen molar-refractivity contribution in [2.75, 3.05) is 0 Å². The second-order valence-electron chi connectivity index (χ2n) is 6.95. The van der Waals surface area contributed by atoms with E-state index in [1.54, 1.807) is 0 Å². The Morgan fingerprint density at radius 2 is 1.73 bits per heavy atom. The van der Waals surface area contributed by atoms with Gasteiger partial charge in [-0.1, -0.05) is 82.4 Å². The van der Waals surface area contributed by atoms with Crippen LogP contribution in [0.25, 0.3) is 0 Å². The quantitative estimate of drug-likeness (QED) is 0.272. The summed E-state index contributed by atoms with van der Waals surface area (Å²) in [6.07, 6.45) is 25.5. The summed E-state index contributed by atoms with van der Waals surface area (Å²) in [6, 6.07) is 0. The number of unbranched alkanes of at least 4 members (excludes halogenated alkanes) is 6. The van der Waals surface area contributed by atoms with Crippen LogP contribution < -0.4 is 0 Å². The van der Waals surface area contributed by atoms with E-state index in [0.717, 1.165) is 5.92 Å². The molecular formula is C22H38. The van der Waals surface area contributed by atoms with Gasteiger partial charge in [0.1, 0.15) is 0 Å². The van der Waals surface area contributed by atoms with Crippen LogP contribution >= 0.6 is 0 Å². The van der Waals surface area contributed by atoms with E-state index in [1.807, 2.05) is 0 Å². The lowest BCUT2D eigenvalue weighted by Crippen LogP contribution is -2.19. The molecule has 22 heavy (non-hydrogen) atoms. The summed E-state index contributed by atoms with van der Waals surface area (Å²) in [6.45, 7) is 8.90. The van der Waals surface area contributed by atoms with Crippen LogP contribution in [0.3, 0.4) is 0 Å². The average molecular weight is 303 g/mol. The Kier molecular flexibility index (Phi) is 11.2. The Labute approximate surface area is 139 Å². The van der Waals surface area contributed by atoms with Crippen molar-refractivity contribution < 1.29 is 0 Å². The van der Waals surface area contributed by atoms with Crippen LogP contribution in [0.4, 0.5) is 0 Å². The van der Waals surface area contributed by atoms with Gasteiger partial charge in [0.25, 0.3) is 0 Å². The molecule has 1 fully saturated rings. The van der Waals surface area contributed by atoms with Crippen LogP contribution in [0.5, 0.6) is 0 Å². The number of allylic oxidation sites excluding steroid dienone is 5. The van der Waals surface area contributed by atoms with E-state index in [9.17, 15) is 0 Å². The Bertz CT molecular complexity index is 334. The van der Waals surface area contributed by atoms with E-state index in [0.29, 0.717) is 5.92 Å². The van der Waals surface area contributed by atoms with Gasteiger partial charge in [-0.2, -0.15) is 0 Å². The average Bonchev–Trinajstić information content (AvgIpc) is 2.52. The highest BCUT2D eigenvalue weighted by Crippen LogP contribution is 2.37. The van der Waals surface area contributed by atoms with E-state index in [2.05, 4.69) is 44.7 Å². The van der Waals surface area contributed by atoms with Gasteiger partial charge in [0, 0.05) is 0 Å². The molecule has 0 heterocycles. The smallest absolute Gasteiger partial charge is 0.0108 e. The molecule has 0 aromatic carbocycles. The molecule has 126 valence electrons. The lowest BCUT2D eigenvalue weighted by molar-refractivity contribution is 0.365. The highest BCUT2D eigenvalue weighted by atomic mass is 14.3. The summed E-state index contributed by atoms with van der Waals surface area (Å²) in [7, 11) is 0. The first-order chi connectivity index (χ1) is 10.8. The molecule has 0 aromatic heterocycles. The fourth-order valence-corrected chi connectivity index (χ4v) is 3.47. The van der Waals surface area contributed by atoms with Gasteiger partial charge in [0.15, 0.2) is 0 Å². The largest absolute Gasteiger partial charge is 0.0995 e. The Morgan fingerprint density at radius 3 is 2.50 bits per heavy atom. The van der Waals surface area contributed by atoms with Crippen molar-refractivity contribution in [2.24, 2.45) is 11.8 Å². The van der Waals surface area contributed by atoms with Crippen molar-refractivity contribution in [1.82, 2.24) is 0 Å². The molecule has 1 rings (SSSR count). The lowest BCUT2D eigenvalue weighted by Gasteiger charge is -2.31. The number of rotatable bonds is 11. The maximum absolute atomic E-state index is 4.36. The first-order valence-electron chi connectivity index (χ1n) is 9.78. The van der Waals surface area contributed by atoms with Gasteiger partial charge in [-0.25, -0.2) is 0 Å². The molecule has 0 spiro atoms. The molecule has 1 aliphatic rings. The first-order valence-corrected chi connectivity index (χ1v) is 9.78. The second-order valence-corrected chi connectivity index (χ2v) is 6.95. The zero-order valence-corrected chi connectivity index (χ0v) is 15.2. The number of hydrogen-bond donors (Lipinski definition) is 0. The van der Waals surface area contributed by atoms with E-state index >= 15 is 0 Å². The van der Waals surface area contributed by atoms with Crippen LogP contribution in [0, 0.1) is 11.8 Å². The van der Waals surface area contributed by atoms with E-state index < -0.39 is 0 Å². The summed E-state index contributed by atoms with van der Waals surface area (Å²) in [5.74, 6) is 1.43. The molecule has 0 aromatic rings. The second kappa shape index (κ2) is 12.7. The molecule has 0 nitrogen and oxygen atoms in total. The lowest BCUT2D eigenvalue weighted by atomic mass is 9.74. The molecule has 2 atom stereocenters. The SMILES string of the molecule is C=C1CCCC(/C=C/CCCCCC)[C@H]1C/C=C\CCCC. The van der Waals surface area contributed by atoms with Gasteiger partial charge in [-0.3, -0.25) is 0 Å².